The Morgan fingerprint density at radius 2 is 2.26 bits per heavy atom. The predicted molar refractivity (Wildman–Crippen MR) is 76.4 cm³/mol. The number of pyridine rings is 1. The molecule has 104 valence electrons. The molecule has 0 saturated heterocycles. The zero-order valence-electron chi connectivity index (χ0n) is 11.6. The van der Waals surface area contributed by atoms with Crippen LogP contribution in [0.2, 0.25) is 0 Å². The molecule has 1 fully saturated rings. The highest BCUT2D eigenvalue weighted by Crippen LogP contribution is 2.24. The number of carbonyl (C=O) groups excluding carboxylic acids is 1. The third-order valence-electron chi connectivity index (χ3n) is 3.26. The smallest absolute Gasteiger partial charge is 0.270 e. The van der Waals surface area contributed by atoms with Crippen LogP contribution in [0.1, 0.15) is 30.3 Å². The number of likely N-dealkylation sites (N-methyl/N-ethyl adjacent to an activating group) is 1. The predicted octanol–water partition coefficient (Wildman–Crippen LogP) is 1.34. The quantitative estimate of drug-likeness (QED) is 0.778. The fourth-order valence-corrected chi connectivity index (χ4v) is 1.97. The summed E-state index contributed by atoms with van der Waals surface area (Å²) in [7, 11) is 2.11. The van der Waals surface area contributed by atoms with Crippen LogP contribution in [0.25, 0.3) is 0 Å². The fraction of sp³-hybridized carbons (Fsp3) is 0.571. The van der Waals surface area contributed by atoms with Gasteiger partial charge in [-0.25, -0.2) is 4.98 Å². The Kier molecular flexibility index (Phi) is 4.74. The van der Waals surface area contributed by atoms with Gasteiger partial charge in [0.15, 0.2) is 0 Å². The maximum Gasteiger partial charge on any atom is 0.270 e. The number of anilines is 1. The van der Waals surface area contributed by atoms with E-state index in [4.69, 9.17) is 0 Å². The van der Waals surface area contributed by atoms with Gasteiger partial charge in [-0.1, -0.05) is 6.07 Å². The Morgan fingerprint density at radius 3 is 2.95 bits per heavy atom. The molecule has 1 aliphatic carbocycles. The molecule has 0 atom stereocenters. The lowest BCUT2D eigenvalue weighted by Gasteiger charge is -2.15. The average Bonchev–Trinajstić information content (AvgIpc) is 3.23. The van der Waals surface area contributed by atoms with E-state index in [2.05, 4.69) is 27.6 Å². The number of amides is 1. The second-order valence-corrected chi connectivity index (χ2v) is 4.91. The molecule has 0 radical (unpaired) electrons. The van der Waals surface area contributed by atoms with Gasteiger partial charge < -0.3 is 15.5 Å². The average molecular weight is 262 g/mol. The van der Waals surface area contributed by atoms with Crippen molar-refractivity contribution >= 4 is 11.7 Å². The molecule has 1 aromatic heterocycles. The number of hydrogen-bond donors (Lipinski definition) is 2. The lowest BCUT2D eigenvalue weighted by molar-refractivity contribution is 0.0944. The first-order valence-electron chi connectivity index (χ1n) is 6.90. The first kappa shape index (κ1) is 13.8. The Morgan fingerprint density at radius 1 is 1.47 bits per heavy atom. The van der Waals surface area contributed by atoms with E-state index in [0.717, 1.165) is 24.9 Å². The molecule has 2 rings (SSSR count). The molecule has 1 amide bonds. The molecular formula is C14H22N4O. The SMILES string of the molecule is CCNc1cccc(C(=O)NCCN(C)C2CC2)n1. The Bertz CT molecular complexity index is 431. The van der Waals surface area contributed by atoms with Crippen molar-refractivity contribution in [3.05, 3.63) is 23.9 Å². The minimum absolute atomic E-state index is 0.107. The Balaban J connectivity index is 1.79. The second kappa shape index (κ2) is 6.52. The molecule has 0 spiro atoms. The third kappa shape index (κ3) is 4.21. The Labute approximate surface area is 114 Å². The molecule has 5 nitrogen and oxygen atoms in total. The molecule has 5 heteroatoms. The summed E-state index contributed by atoms with van der Waals surface area (Å²) in [5.74, 6) is 0.634. The zero-order valence-corrected chi connectivity index (χ0v) is 11.6. The van der Waals surface area contributed by atoms with Crippen LogP contribution in [0.4, 0.5) is 5.82 Å². The topological polar surface area (TPSA) is 57.3 Å². The number of nitrogens with zero attached hydrogens (tertiary/aromatic N) is 2. The van der Waals surface area contributed by atoms with Crippen LogP contribution in [0.3, 0.4) is 0 Å². The van der Waals surface area contributed by atoms with Gasteiger partial charge in [-0.3, -0.25) is 4.79 Å². The molecule has 2 N–H and O–H groups in total. The van der Waals surface area contributed by atoms with Crippen LogP contribution >= 0.6 is 0 Å². The van der Waals surface area contributed by atoms with E-state index in [-0.39, 0.29) is 5.91 Å². The number of nitrogens with one attached hydrogen (secondary N) is 2. The molecule has 1 saturated carbocycles. The molecule has 0 unspecified atom stereocenters. The van der Waals surface area contributed by atoms with Crippen LogP contribution in [0, 0.1) is 0 Å². The summed E-state index contributed by atoms with van der Waals surface area (Å²) in [6, 6.07) is 6.17. The molecule has 1 heterocycles. The van der Waals surface area contributed by atoms with Gasteiger partial charge in [0.25, 0.3) is 5.91 Å². The first-order chi connectivity index (χ1) is 9.20. The highest BCUT2D eigenvalue weighted by Gasteiger charge is 2.25. The maximum absolute atomic E-state index is 11.9. The van der Waals surface area contributed by atoms with E-state index in [0.29, 0.717) is 12.2 Å². The summed E-state index contributed by atoms with van der Waals surface area (Å²) in [5.41, 5.74) is 0.465. The summed E-state index contributed by atoms with van der Waals surface area (Å²) >= 11 is 0. The van der Waals surface area contributed by atoms with Crippen molar-refractivity contribution in [3.8, 4) is 0 Å². The minimum Gasteiger partial charge on any atom is -0.370 e. The fourth-order valence-electron chi connectivity index (χ4n) is 1.97. The van der Waals surface area contributed by atoms with E-state index in [9.17, 15) is 4.79 Å². The molecule has 0 aromatic carbocycles. The monoisotopic (exact) mass is 262 g/mol. The highest BCUT2D eigenvalue weighted by molar-refractivity contribution is 5.92. The van der Waals surface area contributed by atoms with Crippen LogP contribution in [-0.2, 0) is 0 Å². The van der Waals surface area contributed by atoms with Crippen molar-refractivity contribution in [3.63, 3.8) is 0 Å². The maximum atomic E-state index is 11.9. The largest absolute Gasteiger partial charge is 0.370 e. The van der Waals surface area contributed by atoms with Gasteiger partial charge in [0.1, 0.15) is 11.5 Å². The molecule has 0 aliphatic heterocycles. The van der Waals surface area contributed by atoms with Gasteiger partial charge in [0.05, 0.1) is 0 Å². The highest BCUT2D eigenvalue weighted by atomic mass is 16.1. The van der Waals surface area contributed by atoms with Gasteiger partial charge in [0.2, 0.25) is 0 Å². The standard InChI is InChI=1S/C14H22N4O/c1-3-15-13-6-4-5-12(17-13)14(19)16-9-10-18(2)11-7-8-11/h4-6,11H,3,7-10H2,1-2H3,(H,15,17)(H,16,19). The van der Waals surface area contributed by atoms with Gasteiger partial charge in [-0.05, 0) is 38.9 Å². The number of hydrogen-bond acceptors (Lipinski definition) is 4. The molecular weight excluding hydrogens is 240 g/mol. The minimum atomic E-state index is -0.107. The van der Waals surface area contributed by atoms with E-state index in [1.165, 1.54) is 12.8 Å². The normalized spacial score (nSPS) is 14.5. The van der Waals surface area contributed by atoms with Crippen molar-refractivity contribution < 1.29 is 4.79 Å². The second-order valence-electron chi connectivity index (χ2n) is 4.91. The van der Waals surface area contributed by atoms with Crippen molar-refractivity contribution in [2.24, 2.45) is 0 Å². The van der Waals surface area contributed by atoms with Gasteiger partial charge >= 0.3 is 0 Å². The molecule has 1 aliphatic rings. The van der Waals surface area contributed by atoms with Crippen molar-refractivity contribution in [2.75, 3.05) is 32.0 Å². The molecule has 1 aromatic rings. The molecule has 0 bridgehead atoms. The number of aromatic nitrogens is 1. The summed E-state index contributed by atoms with van der Waals surface area (Å²) in [4.78, 5) is 18.5. The van der Waals surface area contributed by atoms with Crippen molar-refractivity contribution in [2.45, 2.75) is 25.8 Å². The van der Waals surface area contributed by atoms with E-state index >= 15 is 0 Å². The number of rotatable bonds is 7. The third-order valence-corrected chi connectivity index (χ3v) is 3.26. The van der Waals surface area contributed by atoms with E-state index in [1.54, 1.807) is 6.07 Å². The van der Waals surface area contributed by atoms with Crippen LogP contribution in [0.5, 0.6) is 0 Å². The Hall–Kier alpha value is -1.62. The first-order valence-corrected chi connectivity index (χ1v) is 6.90. The summed E-state index contributed by atoms with van der Waals surface area (Å²) < 4.78 is 0. The van der Waals surface area contributed by atoms with Crippen molar-refractivity contribution in [1.29, 1.82) is 0 Å². The lowest BCUT2D eigenvalue weighted by Crippen LogP contribution is -2.34. The molecule has 19 heavy (non-hydrogen) atoms. The summed E-state index contributed by atoms with van der Waals surface area (Å²) in [5, 5.41) is 6.01. The van der Waals surface area contributed by atoms with Gasteiger partial charge in [-0.15, -0.1) is 0 Å². The van der Waals surface area contributed by atoms with Gasteiger partial charge in [0, 0.05) is 25.7 Å². The zero-order chi connectivity index (χ0) is 13.7. The van der Waals surface area contributed by atoms with Gasteiger partial charge in [-0.2, -0.15) is 0 Å². The number of carbonyl (C=O) groups is 1. The van der Waals surface area contributed by atoms with E-state index < -0.39 is 0 Å². The summed E-state index contributed by atoms with van der Waals surface area (Å²) in [6.07, 6.45) is 2.58. The van der Waals surface area contributed by atoms with Crippen molar-refractivity contribution in [1.82, 2.24) is 15.2 Å². The summed E-state index contributed by atoms with van der Waals surface area (Å²) in [6.45, 7) is 4.36. The van der Waals surface area contributed by atoms with Crippen LogP contribution in [0.15, 0.2) is 18.2 Å². The van der Waals surface area contributed by atoms with Crippen LogP contribution < -0.4 is 10.6 Å². The van der Waals surface area contributed by atoms with Crippen LogP contribution in [-0.4, -0.2) is 48.5 Å². The lowest BCUT2D eigenvalue weighted by atomic mass is 10.3. The van der Waals surface area contributed by atoms with E-state index in [1.807, 2.05) is 19.1 Å².